The van der Waals surface area contributed by atoms with Crippen LogP contribution in [0.2, 0.25) is 0 Å². The van der Waals surface area contributed by atoms with Gasteiger partial charge in [-0.15, -0.1) is 0 Å². The number of H-pyrrole nitrogens is 2. The molecule has 14 heavy (non-hydrogen) atoms. The Kier molecular flexibility index (Phi) is 2.39. The topological polar surface area (TPSA) is 48.6 Å². The van der Waals surface area contributed by atoms with Gasteiger partial charge in [0.05, 0.1) is 10.6 Å². The molecule has 1 aromatic heterocycles. The lowest BCUT2D eigenvalue weighted by molar-refractivity contribution is 0.612. The SMILES string of the molecule is C=c1[nH][nH]c(=O)/c1=C\[C@H]1CC=CCC1. The largest absolute Gasteiger partial charge is 0.298 e. The normalized spacial score (nSPS) is 22.9. The van der Waals surface area contributed by atoms with Crippen LogP contribution in [0.5, 0.6) is 0 Å². The molecule has 1 atom stereocenters. The van der Waals surface area contributed by atoms with E-state index in [2.05, 4.69) is 28.9 Å². The van der Waals surface area contributed by atoms with Crippen molar-refractivity contribution in [1.29, 1.82) is 0 Å². The average Bonchev–Trinajstić information content (AvgIpc) is 2.51. The van der Waals surface area contributed by atoms with Crippen molar-refractivity contribution in [2.75, 3.05) is 0 Å². The van der Waals surface area contributed by atoms with Gasteiger partial charge in [-0.05, 0) is 25.2 Å². The number of aromatic amines is 2. The molecule has 1 heterocycles. The van der Waals surface area contributed by atoms with Gasteiger partial charge in [0.25, 0.3) is 5.56 Å². The fourth-order valence-electron chi connectivity index (χ4n) is 1.78. The summed E-state index contributed by atoms with van der Waals surface area (Å²) in [5.74, 6) is 0.484. The molecule has 0 radical (unpaired) electrons. The molecule has 3 nitrogen and oxygen atoms in total. The van der Waals surface area contributed by atoms with E-state index in [0.29, 0.717) is 16.5 Å². The van der Waals surface area contributed by atoms with E-state index in [0.717, 1.165) is 19.3 Å². The number of hydrogen-bond donors (Lipinski definition) is 2. The molecule has 1 aliphatic carbocycles. The number of nitrogens with one attached hydrogen (secondary N) is 2. The highest BCUT2D eigenvalue weighted by molar-refractivity contribution is 5.27. The van der Waals surface area contributed by atoms with Gasteiger partial charge in [0.15, 0.2) is 0 Å². The molecule has 2 N–H and O–H groups in total. The van der Waals surface area contributed by atoms with Gasteiger partial charge in [-0.3, -0.25) is 15.0 Å². The summed E-state index contributed by atoms with van der Waals surface area (Å²) in [6.07, 6.45) is 9.66. The summed E-state index contributed by atoms with van der Waals surface area (Å²) in [7, 11) is 0. The molecule has 0 fully saturated rings. The Morgan fingerprint density at radius 2 is 2.29 bits per heavy atom. The van der Waals surface area contributed by atoms with E-state index in [1.165, 1.54) is 0 Å². The molecule has 1 aromatic rings. The summed E-state index contributed by atoms with van der Waals surface area (Å²) in [6, 6.07) is 0. The minimum atomic E-state index is -0.0652. The molecular weight excluding hydrogens is 176 g/mol. The minimum Gasteiger partial charge on any atom is -0.298 e. The standard InChI is InChI=1S/C11H14N2O/c1-8-10(11(14)13-12-8)7-9-5-3-2-4-6-9/h2-3,7,9,12H,1,4-6H2,(H,13,14)/b10-7-/t9-/m0/s1. The van der Waals surface area contributed by atoms with Crippen molar-refractivity contribution in [3.05, 3.63) is 33.1 Å². The van der Waals surface area contributed by atoms with Crippen molar-refractivity contribution in [3.8, 4) is 0 Å². The van der Waals surface area contributed by atoms with E-state index in [1.807, 2.05) is 6.08 Å². The van der Waals surface area contributed by atoms with Crippen LogP contribution in [0, 0.1) is 5.92 Å². The minimum absolute atomic E-state index is 0.0652. The summed E-state index contributed by atoms with van der Waals surface area (Å²) in [5, 5.41) is 6.65. The lowest BCUT2D eigenvalue weighted by atomic mass is 9.94. The fourth-order valence-corrected chi connectivity index (χ4v) is 1.78. The van der Waals surface area contributed by atoms with Crippen molar-refractivity contribution in [2.45, 2.75) is 19.3 Å². The van der Waals surface area contributed by atoms with E-state index in [1.54, 1.807) is 0 Å². The lowest BCUT2D eigenvalue weighted by Crippen LogP contribution is -2.33. The Morgan fingerprint density at radius 3 is 2.86 bits per heavy atom. The van der Waals surface area contributed by atoms with Crippen molar-refractivity contribution >= 4 is 12.7 Å². The highest BCUT2D eigenvalue weighted by atomic mass is 16.1. The molecular formula is C11H14N2O. The van der Waals surface area contributed by atoms with Crippen molar-refractivity contribution in [3.63, 3.8) is 0 Å². The highest BCUT2D eigenvalue weighted by Crippen LogP contribution is 2.18. The fraction of sp³-hybridized carbons (Fsp3) is 0.364. The van der Waals surface area contributed by atoms with Gasteiger partial charge in [-0.1, -0.05) is 24.8 Å². The molecule has 0 amide bonds. The van der Waals surface area contributed by atoms with Gasteiger partial charge in [0.2, 0.25) is 0 Å². The average molecular weight is 190 g/mol. The van der Waals surface area contributed by atoms with Crippen LogP contribution >= 0.6 is 0 Å². The van der Waals surface area contributed by atoms with Crippen molar-refractivity contribution in [2.24, 2.45) is 5.92 Å². The van der Waals surface area contributed by atoms with E-state index in [9.17, 15) is 4.79 Å². The van der Waals surface area contributed by atoms with E-state index < -0.39 is 0 Å². The molecule has 0 aromatic carbocycles. The first kappa shape index (κ1) is 9.06. The zero-order valence-corrected chi connectivity index (χ0v) is 8.05. The molecule has 74 valence electrons. The molecule has 3 heteroatoms. The van der Waals surface area contributed by atoms with E-state index in [4.69, 9.17) is 0 Å². The summed E-state index contributed by atoms with van der Waals surface area (Å²) < 4.78 is 0. The third-order valence-electron chi connectivity index (χ3n) is 2.61. The van der Waals surface area contributed by atoms with Gasteiger partial charge in [-0.25, -0.2) is 0 Å². The first-order chi connectivity index (χ1) is 6.77. The quantitative estimate of drug-likeness (QED) is 0.613. The number of hydrogen-bond acceptors (Lipinski definition) is 1. The number of allylic oxidation sites excluding steroid dienone is 2. The van der Waals surface area contributed by atoms with Gasteiger partial charge in [0, 0.05) is 0 Å². The maximum atomic E-state index is 11.3. The third-order valence-corrected chi connectivity index (χ3v) is 2.61. The van der Waals surface area contributed by atoms with Crippen LogP contribution in [-0.2, 0) is 0 Å². The molecule has 0 saturated heterocycles. The number of aromatic nitrogens is 2. The molecule has 2 rings (SSSR count). The molecule has 0 spiro atoms. The Labute approximate surface area is 81.8 Å². The van der Waals surface area contributed by atoms with Crippen LogP contribution < -0.4 is 16.1 Å². The van der Waals surface area contributed by atoms with Crippen LogP contribution in [0.15, 0.2) is 16.9 Å². The second kappa shape index (κ2) is 3.70. The Hall–Kier alpha value is -1.51. The van der Waals surface area contributed by atoms with Crippen LogP contribution in [0.25, 0.3) is 12.7 Å². The molecule has 0 bridgehead atoms. The molecule has 0 unspecified atom stereocenters. The third kappa shape index (κ3) is 1.71. The second-order valence-electron chi connectivity index (χ2n) is 3.68. The van der Waals surface area contributed by atoms with Crippen molar-refractivity contribution in [1.82, 2.24) is 10.2 Å². The molecule has 1 aliphatic rings. The monoisotopic (exact) mass is 190 g/mol. The van der Waals surface area contributed by atoms with Gasteiger partial charge in [0.1, 0.15) is 0 Å². The zero-order valence-electron chi connectivity index (χ0n) is 8.05. The van der Waals surface area contributed by atoms with Crippen LogP contribution in [-0.4, -0.2) is 10.2 Å². The predicted molar refractivity (Wildman–Crippen MR) is 57.1 cm³/mol. The summed E-state index contributed by atoms with van der Waals surface area (Å²) in [6.45, 7) is 3.77. The van der Waals surface area contributed by atoms with Crippen molar-refractivity contribution < 1.29 is 0 Å². The Balaban J connectivity index is 2.39. The second-order valence-corrected chi connectivity index (χ2v) is 3.68. The summed E-state index contributed by atoms with van der Waals surface area (Å²) >= 11 is 0. The van der Waals surface area contributed by atoms with Crippen LogP contribution in [0.3, 0.4) is 0 Å². The van der Waals surface area contributed by atoms with Gasteiger partial charge >= 0.3 is 0 Å². The first-order valence-corrected chi connectivity index (χ1v) is 4.90. The molecule has 0 saturated carbocycles. The Bertz CT molecular complexity index is 462. The van der Waals surface area contributed by atoms with Gasteiger partial charge < -0.3 is 0 Å². The van der Waals surface area contributed by atoms with Gasteiger partial charge in [-0.2, -0.15) is 0 Å². The predicted octanol–water partition coefficient (Wildman–Crippen LogP) is 0.250. The maximum absolute atomic E-state index is 11.3. The van der Waals surface area contributed by atoms with Crippen LogP contribution in [0.4, 0.5) is 0 Å². The summed E-state index contributed by atoms with van der Waals surface area (Å²) in [5.41, 5.74) is -0.0652. The van der Waals surface area contributed by atoms with E-state index in [-0.39, 0.29) is 5.56 Å². The Morgan fingerprint density at radius 1 is 1.43 bits per heavy atom. The number of rotatable bonds is 1. The molecule has 0 aliphatic heterocycles. The van der Waals surface area contributed by atoms with E-state index >= 15 is 0 Å². The zero-order chi connectivity index (χ0) is 9.97. The summed E-state index contributed by atoms with van der Waals surface area (Å²) in [4.78, 5) is 11.3. The smallest absolute Gasteiger partial charge is 0.271 e. The van der Waals surface area contributed by atoms with Crippen LogP contribution in [0.1, 0.15) is 19.3 Å². The first-order valence-electron chi connectivity index (χ1n) is 4.90. The maximum Gasteiger partial charge on any atom is 0.271 e. The highest BCUT2D eigenvalue weighted by Gasteiger charge is 2.06. The lowest BCUT2D eigenvalue weighted by Gasteiger charge is -2.11.